The monoisotopic (exact) mass is 276 g/mol. The topological polar surface area (TPSA) is 76.7 Å². The first kappa shape index (κ1) is 14.8. The van der Waals surface area contributed by atoms with Crippen molar-refractivity contribution in [3.8, 4) is 6.07 Å². The van der Waals surface area contributed by atoms with E-state index in [0.717, 1.165) is 5.69 Å². The molecule has 0 bridgehead atoms. The fraction of sp³-hybridized carbons (Fsp3) is 0.533. The molecule has 0 unspecified atom stereocenters. The van der Waals surface area contributed by atoms with Gasteiger partial charge in [-0.2, -0.15) is 5.26 Å². The predicted molar refractivity (Wildman–Crippen MR) is 75.4 cm³/mol. The largest absolute Gasteiger partial charge is 0.392 e. The van der Waals surface area contributed by atoms with Gasteiger partial charge in [0.2, 0.25) is 0 Å². The maximum atomic E-state index is 10.5. The molecule has 1 heterocycles. The SMILES string of the molecule is CN(CC1(O)CCOCC1)c1ccc(CO)cc1C#N. The maximum Gasteiger partial charge on any atom is 0.101 e. The summed E-state index contributed by atoms with van der Waals surface area (Å²) in [4.78, 5) is 1.89. The first-order valence-corrected chi connectivity index (χ1v) is 6.73. The van der Waals surface area contributed by atoms with E-state index >= 15 is 0 Å². The molecule has 0 spiro atoms. The number of aliphatic hydroxyl groups is 2. The Balaban J connectivity index is 2.16. The van der Waals surface area contributed by atoms with E-state index in [1.807, 2.05) is 18.0 Å². The lowest BCUT2D eigenvalue weighted by molar-refractivity contribution is -0.0572. The van der Waals surface area contributed by atoms with Crippen LogP contribution < -0.4 is 4.90 Å². The molecule has 1 fully saturated rings. The fourth-order valence-electron chi connectivity index (χ4n) is 2.54. The highest BCUT2D eigenvalue weighted by atomic mass is 16.5. The van der Waals surface area contributed by atoms with Crippen LogP contribution in [0.25, 0.3) is 0 Å². The molecule has 108 valence electrons. The Labute approximate surface area is 119 Å². The number of nitrogens with zero attached hydrogens (tertiary/aromatic N) is 2. The minimum Gasteiger partial charge on any atom is -0.392 e. The molecule has 0 amide bonds. The van der Waals surface area contributed by atoms with Crippen LogP contribution in [0.2, 0.25) is 0 Å². The maximum absolute atomic E-state index is 10.5. The highest BCUT2D eigenvalue weighted by molar-refractivity contribution is 5.60. The molecule has 0 atom stereocenters. The van der Waals surface area contributed by atoms with Crippen LogP contribution in [0.4, 0.5) is 5.69 Å². The van der Waals surface area contributed by atoms with Crippen LogP contribution in [-0.4, -0.2) is 42.6 Å². The first-order valence-electron chi connectivity index (χ1n) is 6.73. The van der Waals surface area contributed by atoms with E-state index in [2.05, 4.69) is 6.07 Å². The van der Waals surface area contributed by atoms with Crippen LogP contribution in [0.3, 0.4) is 0 Å². The fourth-order valence-corrected chi connectivity index (χ4v) is 2.54. The summed E-state index contributed by atoms with van der Waals surface area (Å²) in [7, 11) is 1.86. The average Bonchev–Trinajstić information content (AvgIpc) is 2.46. The molecular weight excluding hydrogens is 256 g/mol. The van der Waals surface area contributed by atoms with Crippen molar-refractivity contribution in [2.75, 3.05) is 31.7 Å². The minimum absolute atomic E-state index is 0.0834. The van der Waals surface area contributed by atoms with Gasteiger partial charge in [-0.15, -0.1) is 0 Å². The normalized spacial score (nSPS) is 17.5. The summed E-state index contributed by atoms with van der Waals surface area (Å²) in [5.41, 5.74) is 1.22. The lowest BCUT2D eigenvalue weighted by atomic mass is 9.93. The molecule has 0 aromatic heterocycles. The van der Waals surface area contributed by atoms with Crippen LogP contribution in [0.15, 0.2) is 18.2 Å². The molecule has 5 nitrogen and oxygen atoms in total. The summed E-state index contributed by atoms with van der Waals surface area (Å²) in [6.07, 6.45) is 1.21. The number of hydrogen-bond acceptors (Lipinski definition) is 5. The first-order chi connectivity index (χ1) is 9.58. The van der Waals surface area contributed by atoms with E-state index in [-0.39, 0.29) is 6.61 Å². The zero-order valence-electron chi connectivity index (χ0n) is 11.7. The zero-order chi connectivity index (χ0) is 14.6. The average molecular weight is 276 g/mol. The van der Waals surface area contributed by atoms with Crippen LogP contribution in [0.1, 0.15) is 24.0 Å². The van der Waals surface area contributed by atoms with Crippen molar-refractivity contribution in [2.24, 2.45) is 0 Å². The van der Waals surface area contributed by atoms with Crippen molar-refractivity contribution in [2.45, 2.75) is 25.0 Å². The highest BCUT2D eigenvalue weighted by Crippen LogP contribution is 2.26. The number of ether oxygens (including phenoxy) is 1. The third kappa shape index (κ3) is 3.28. The van der Waals surface area contributed by atoms with E-state index in [9.17, 15) is 10.4 Å². The molecule has 5 heteroatoms. The molecule has 1 aromatic rings. The molecule has 20 heavy (non-hydrogen) atoms. The Morgan fingerprint density at radius 3 is 2.70 bits per heavy atom. The number of benzene rings is 1. The Morgan fingerprint density at radius 2 is 2.10 bits per heavy atom. The number of hydrogen-bond donors (Lipinski definition) is 2. The summed E-state index contributed by atoms with van der Waals surface area (Å²) in [5, 5.41) is 28.9. The summed E-state index contributed by atoms with van der Waals surface area (Å²) < 4.78 is 5.27. The van der Waals surface area contributed by atoms with Crippen molar-refractivity contribution in [3.05, 3.63) is 29.3 Å². The van der Waals surface area contributed by atoms with Crippen molar-refractivity contribution in [1.29, 1.82) is 5.26 Å². The lowest BCUT2D eigenvalue weighted by Gasteiger charge is -2.36. The predicted octanol–water partition coefficient (Wildman–Crippen LogP) is 1.03. The molecular formula is C15H20N2O3. The van der Waals surface area contributed by atoms with E-state index < -0.39 is 5.60 Å². The van der Waals surface area contributed by atoms with Crippen molar-refractivity contribution >= 4 is 5.69 Å². The Kier molecular flexibility index (Phi) is 4.61. The summed E-state index contributed by atoms with van der Waals surface area (Å²) in [6, 6.07) is 7.43. The Bertz CT molecular complexity index is 504. The number of anilines is 1. The molecule has 1 saturated heterocycles. The second-order valence-corrected chi connectivity index (χ2v) is 5.31. The number of aliphatic hydroxyl groups excluding tert-OH is 1. The molecule has 2 N–H and O–H groups in total. The van der Waals surface area contributed by atoms with E-state index in [0.29, 0.717) is 43.7 Å². The van der Waals surface area contributed by atoms with Gasteiger partial charge >= 0.3 is 0 Å². The smallest absolute Gasteiger partial charge is 0.101 e. The van der Waals surface area contributed by atoms with Gasteiger partial charge in [-0.3, -0.25) is 0 Å². The molecule has 0 radical (unpaired) electrons. The Hall–Kier alpha value is -1.61. The Morgan fingerprint density at radius 1 is 1.40 bits per heavy atom. The second kappa shape index (κ2) is 6.23. The molecule has 2 rings (SSSR count). The van der Waals surface area contributed by atoms with Gasteiger partial charge in [0.1, 0.15) is 6.07 Å². The van der Waals surface area contributed by atoms with Crippen LogP contribution in [-0.2, 0) is 11.3 Å². The number of rotatable bonds is 4. The molecule has 1 aliphatic rings. The molecule has 0 saturated carbocycles. The van der Waals surface area contributed by atoms with Crippen molar-refractivity contribution < 1.29 is 14.9 Å². The third-order valence-electron chi connectivity index (χ3n) is 3.73. The minimum atomic E-state index is -0.768. The van der Waals surface area contributed by atoms with Crippen molar-refractivity contribution in [3.63, 3.8) is 0 Å². The van der Waals surface area contributed by atoms with Gasteiger partial charge in [-0.1, -0.05) is 6.07 Å². The second-order valence-electron chi connectivity index (χ2n) is 5.31. The van der Waals surface area contributed by atoms with Crippen LogP contribution in [0, 0.1) is 11.3 Å². The van der Waals surface area contributed by atoms with Crippen molar-refractivity contribution in [1.82, 2.24) is 0 Å². The van der Waals surface area contributed by atoms with Gasteiger partial charge < -0.3 is 19.8 Å². The van der Waals surface area contributed by atoms with Gasteiger partial charge in [0.05, 0.1) is 23.5 Å². The van der Waals surface area contributed by atoms with Gasteiger partial charge in [0, 0.05) is 39.6 Å². The summed E-state index contributed by atoms with van der Waals surface area (Å²) in [6.45, 7) is 1.52. The zero-order valence-corrected chi connectivity index (χ0v) is 11.7. The van der Waals surface area contributed by atoms with E-state index in [4.69, 9.17) is 9.84 Å². The van der Waals surface area contributed by atoms with Crippen LogP contribution >= 0.6 is 0 Å². The van der Waals surface area contributed by atoms with Crippen LogP contribution in [0.5, 0.6) is 0 Å². The highest BCUT2D eigenvalue weighted by Gasteiger charge is 2.31. The molecule has 1 aliphatic heterocycles. The van der Waals surface area contributed by atoms with E-state index in [1.54, 1.807) is 12.1 Å². The molecule has 0 aliphatic carbocycles. The summed E-state index contributed by atoms with van der Waals surface area (Å²) in [5.74, 6) is 0. The number of likely N-dealkylation sites (N-methyl/N-ethyl adjacent to an activating group) is 1. The standard InChI is InChI=1S/C15H20N2O3/c1-17(11-15(19)4-6-20-7-5-15)14-3-2-12(10-18)8-13(14)9-16/h2-3,8,18-19H,4-7,10-11H2,1H3. The lowest BCUT2D eigenvalue weighted by Crippen LogP contribution is -2.45. The van der Waals surface area contributed by atoms with E-state index in [1.165, 1.54) is 0 Å². The van der Waals surface area contributed by atoms with Gasteiger partial charge in [-0.25, -0.2) is 0 Å². The molecule has 1 aromatic carbocycles. The number of nitriles is 1. The third-order valence-corrected chi connectivity index (χ3v) is 3.73. The van der Waals surface area contributed by atoms with Gasteiger partial charge in [0.15, 0.2) is 0 Å². The summed E-state index contributed by atoms with van der Waals surface area (Å²) >= 11 is 0. The quantitative estimate of drug-likeness (QED) is 0.859. The van der Waals surface area contributed by atoms with Gasteiger partial charge in [0.25, 0.3) is 0 Å². The van der Waals surface area contributed by atoms with Gasteiger partial charge in [-0.05, 0) is 17.7 Å².